The summed E-state index contributed by atoms with van der Waals surface area (Å²) in [7, 11) is 3.47. The van der Waals surface area contributed by atoms with Crippen LogP contribution in [0.5, 0.6) is 5.75 Å². The predicted octanol–water partition coefficient (Wildman–Crippen LogP) is 5.80. The van der Waals surface area contributed by atoms with Gasteiger partial charge >= 0.3 is 5.63 Å². The van der Waals surface area contributed by atoms with E-state index in [1.807, 2.05) is 55.3 Å². The van der Waals surface area contributed by atoms with Gasteiger partial charge < -0.3 is 19.4 Å². The average molecular weight is 480 g/mol. The molecule has 3 aromatic rings. The molecule has 0 aliphatic rings. The fraction of sp³-hybridized carbons (Fsp3) is 0.429. The summed E-state index contributed by atoms with van der Waals surface area (Å²) >= 11 is 0. The summed E-state index contributed by atoms with van der Waals surface area (Å²) in [6, 6.07) is 14.2. The molecular formula is C28H37N3O4. The number of hydrogen-bond acceptors (Lipinski definition) is 6. The predicted molar refractivity (Wildman–Crippen MR) is 143 cm³/mol. The molecule has 35 heavy (non-hydrogen) atoms. The third-order valence-corrected chi connectivity index (χ3v) is 6.34. The maximum absolute atomic E-state index is 13.2. The molecule has 3 rings (SSSR count). The molecule has 0 bridgehead atoms. The van der Waals surface area contributed by atoms with Crippen LogP contribution < -0.4 is 20.6 Å². The van der Waals surface area contributed by atoms with Crippen molar-refractivity contribution in [3.63, 3.8) is 0 Å². The first-order valence-electron chi connectivity index (χ1n) is 12.4. The Kier molecular flexibility index (Phi) is 9.32. The molecule has 0 fully saturated rings. The number of rotatable bonds is 12. The van der Waals surface area contributed by atoms with E-state index in [2.05, 4.69) is 24.1 Å². The molecule has 188 valence electrons. The topological polar surface area (TPSA) is 75.0 Å². The van der Waals surface area contributed by atoms with Crippen LogP contribution in [0, 0.1) is 0 Å². The highest BCUT2D eigenvalue weighted by atomic mass is 16.5. The van der Waals surface area contributed by atoms with E-state index in [-0.39, 0.29) is 11.9 Å². The second-order valence-electron chi connectivity index (χ2n) is 8.80. The van der Waals surface area contributed by atoms with Gasteiger partial charge in [-0.1, -0.05) is 38.8 Å². The van der Waals surface area contributed by atoms with Crippen LogP contribution in [0.25, 0.3) is 11.0 Å². The standard InChI is InChI=1S/C28H37N3O4/c1-6-8-16-31(17-9-7-2)20(3)28(33)29-23-18-21(14-15-26(23)34-5)30(4)24-19-27(32)35-25-13-11-10-12-22(24)25/h10-15,18-20H,6-9,16-17H2,1-5H3,(H,29,33)/t20-/m0/s1. The van der Waals surface area contributed by atoms with Crippen LogP contribution in [0.15, 0.2) is 57.7 Å². The van der Waals surface area contributed by atoms with E-state index in [1.54, 1.807) is 13.2 Å². The smallest absolute Gasteiger partial charge is 0.338 e. The van der Waals surface area contributed by atoms with Crippen molar-refractivity contribution in [2.24, 2.45) is 0 Å². The highest BCUT2D eigenvalue weighted by molar-refractivity contribution is 5.97. The van der Waals surface area contributed by atoms with Gasteiger partial charge in [-0.05, 0) is 63.2 Å². The summed E-state index contributed by atoms with van der Waals surface area (Å²) in [5.41, 5.74) is 2.22. The normalized spacial score (nSPS) is 12.1. The number of carbonyl (C=O) groups is 1. The number of nitrogens with one attached hydrogen (secondary N) is 1. The third kappa shape index (κ3) is 6.42. The maximum Gasteiger partial charge on any atom is 0.338 e. The van der Waals surface area contributed by atoms with Crippen molar-refractivity contribution < 1.29 is 13.9 Å². The van der Waals surface area contributed by atoms with Gasteiger partial charge in [0.05, 0.1) is 24.5 Å². The van der Waals surface area contributed by atoms with Crippen molar-refractivity contribution >= 4 is 33.9 Å². The lowest BCUT2D eigenvalue weighted by Crippen LogP contribution is -2.43. The first-order valence-corrected chi connectivity index (χ1v) is 12.4. The number of amides is 1. The number of benzene rings is 2. The molecule has 0 spiro atoms. The number of methoxy groups -OCH3 is 1. The van der Waals surface area contributed by atoms with Crippen LogP contribution in [0.4, 0.5) is 17.1 Å². The zero-order valence-electron chi connectivity index (χ0n) is 21.5. The molecule has 2 aromatic carbocycles. The number of ether oxygens (including phenoxy) is 1. The van der Waals surface area contributed by atoms with Crippen molar-refractivity contribution in [2.75, 3.05) is 37.5 Å². The van der Waals surface area contributed by atoms with Crippen LogP contribution in [0.2, 0.25) is 0 Å². The van der Waals surface area contributed by atoms with Gasteiger partial charge in [0, 0.05) is 24.2 Å². The summed E-state index contributed by atoms with van der Waals surface area (Å²) in [6.07, 6.45) is 4.30. The molecule has 0 saturated heterocycles. The van der Waals surface area contributed by atoms with Gasteiger partial charge in [-0.3, -0.25) is 9.69 Å². The fourth-order valence-electron chi connectivity index (χ4n) is 4.14. The molecule has 7 nitrogen and oxygen atoms in total. The lowest BCUT2D eigenvalue weighted by Gasteiger charge is -2.28. The Morgan fingerprint density at radius 2 is 1.74 bits per heavy atom. The van der Waals surface area contributed by atoms with Crippen molar-refractivity contribution in [3.05, 3.63) is 59.0 Å². The van der Waals surface area contributed by atoms with Gasteiger partial charge in [0.1, 0.15) is 11.3 Å². The average Bonchev–Trinajstić information content (AvgIpc) is 2.87. The third-order valence-electron chi connectivity index (χ3n) is 6.34. The summed E-state index contributed by atoms with van der Waals surface area (Å²) < 4.78 is 10.9. The minimum Gasteiger partial charge on any atom is -0.495 e. The molecule has 0 saturated carbocycles. The SMILES string of the molecule is CCCCN(CCCC)[C@@H](C)C(=O)Nc1cc(N(C)c2cc(=O)oc3ccccc23)ccc1OC. The first kappa shape index (κ1) is 26.3. The number of unbranched alkanes of at least 4 members (excludes halogenated alkanes) is 2. The van der Waals surface area contributed by atoms with Crippen LogP contribution in [-0.2, 0) is 4.79 Å². The molecular weight excluding hydrogens is 442 g/mol. The van der Waals surface area contributed by atoms with E-state index >= 15 is 0 Å². The van der Waals surface area contributed by atoms with Crippen LogP contribution in [0.1, 0.15) is 46.5 Å². The summed E-state index contributed by atoms with van der Waals surface area (Å²) in [4.78, 5) is 29.6. The van der Waals surface area contributed by atoms with Crippen LogP contribution in [0.3, 0.4) is 0 Å². The second kappa shape index (κ2) is 12.4. The molecule has 0 radical (unpaired) electrons. The Balaban J connectivity index is 1.89. The van der Waals surface area contributed by atoms with E-state index in [9.17, 15) is 9.59 Å². The largest absolute Gasteiger partial charge is 0.495 e. The highest BCUT2D eigenvalue weighted by Crippen LogP contribution is 2.34. The van der Waals surface area contributed by atoms with Gasteiger partial charge in [-0.15, -0.1) is 0 Å². The van der Waals surface area contributed by atoms with Crippen molar-refractivity contribution in [3.8, 4) is 5.75 Å². The number of nitrogens with zero attached hydrogens (tertiary/aromatic N) is 2. The monoisotopic (exact) mass is 479 g/mol. The molecule has 1 heterocycles. The number of anilines is 3. The lowest BCUT2D eigenvalue weighted by atomic mass is 10.1. The molecule has 7 heteroatoms. The Hall–Kier alpha value is -3.32. The van der Waals surface area contributed by atoms with E-state index in [0.29, 0.717) is 17.0 Å². The van der Waals surface area contributed by atoms with Gasteiger partial charge in [0.2, 0.25) is 5.91 Å². The Bertz CT molecular complexity index is 1180. The van der Waals surface area contributed by atoms with Gasteiger partial charge in [-0.2, -0.15) is 0 Å². The molecule has 1 N–H and O–H groups in total. The summed E-state index contributed by atoms with van der Waals surface area (Å²) in [6.45, 7) is 8.08. The molecule has 0 unspecified atom stereocenters. The van der Waals surface area contributed by atoms with E-state index < -0.39 is 5.63 Å². The van der Waals surface area contributed by atoms with E-state index in [0.717, 1.165) is 55.5 Å². The van der Waals surface area contributed by atoms with Gasteiger partial charge in [0.25, 0.3) is 0 Å². The van der Waals surface area contributed by atoms with Gasteiger partial charge in [0.15, 0.2) is 0 Å². The molecule has 0 aliphatic heterocycles. The zero-order chi connectivity index (χ0) is 25.4. The quantitative estimate of drug-likeness (QED) is 0.331. The molecule has 0 aliphatic carbocycles. The summed E-state index contributed by atoms with van der Waals surface area (Å²) in [5.74, 6) is 0.509. The highest BCUT2D eigenvalue weighted by Gasteiger charge is 2.22. The minimum absolute atomic E-state index is 0.0684. The van der Waals surface area contributed by atoms with Crippen LogP contribution >= 0.6 is 0 Å². The number of carbonyl (C=O) groups excluding carboxylic acids is 1. The van der Waals surface area contributed by atoms with Crippen molar-refractivity contribution in [1.82, 2.24) is 4.90 Å². The zero-order valence-corrected chi connectivity index (χ0v) is 21.5. The maximum atomic E-state index is 13.2. The van der Waals surface area contributed by atoms with Crippen molar-refractivity contribution in [1.29, 1.82) is 0 Å². The minimum atomic E-state index is -0.416. The lowest BCUT2D eigenvalue weighted by molar-refractivity contribution is -0.120. The number of para-hydroxylation sites is 1. The molecule has 1 amide bonds. The Morgan fingerprint density at radius 1 is 1.06 bits per heavy atom. The van der Waals surface area contributed by atoms with E-state index in [4.69, 9.17) is 9.15 Å². The molecule has 1 aromatic heterocycles. The van der Waals surface area contributed by atoms with Crippen LogP contribution in [-0.4, -0.2) is 44.1 Å². The van der Waals surface area contributed by atoms with E-state index in [1.165, 1.54) is 6.07 Å². The van der Waals surface area contributed by atoms with Gasteiger partial charge in [-0.25, -0.2) is 4.79 Å². The van der Waals surface area contributed by atoms with Crippen molar-refractivity contribution in [2.45, 2.75) is 52.5 Å². The molecule has 1 atom stereocenters. The second-order valence-corrected chi connectivity index (χ2v) is 8.80. The fourth-order valence-corrected chi connectivity index (χ4v) is 4.14. The number of hydrogen-bond donors (Lipinski definition) is 1. The Labute approximate surface area is 207 Å². The Morgan fingerprint density at radius 3 is 2.40 bits per heavy atom. The summed E-state index contributed by atoms with van der Waals surface area (Å²) in [5, 5.41) is 3.90. The number of fused-ring (bicyclic) bond motifs is 1. The first-order chi connectivity index (χ1) is 16.9.